The molecule has 0 aliphatic heterocycles. The summed E-state index contributed by atoms with van der Waals surface area (Å²) in [6, 6.07) is 48.9. The number of pyridine rings is 1. The molecule has 0 saturated carbocycles. The third-order valence-electron chi connectivity index (χ3n) is 8.52. The fourth-order valence-corrected chi connectivity index (χ4v) is 8.02. The standard InChI is InChI=1S/C39H23NS/c1-3-13-27-24(10-1)25-11-2-4-14-28(25)38-31(21-22-35-34(38)19-9-23-40-35)29-15-7-16-30(37(27)29)33-18-8-17-32-26-12-5-6-20-36(26)41-39(32)33/h1-23H. The SMILES string of the molecule is c1ccc2c(c1)-c1ccccc1-c1c(ccc3ncccc13)-c1cccc(-c3cccc4c3sc3ccccc34)c1-2. The minimum absolute atomic E-state index is 1.02. The maximum atomic E-state index is 4.74. The number of thiophene rings is 1. The van der Waals surface area contributed by atoms with Crippen LogP contribution in [-0.4, -0.2) is 4.98 Å². The second-order valence-electron chi connectivity index (χ2n) is 10.7. The van der Waals surface area contributed by atoms with Crippen LogP contribution in [0.4, 0.5) is 0 Å². The summed E-state index contributed by atoms with van der Waals surface area (Å²) in [7, 11) is 0. The van der Waals surface area contributed by atoms with Crippen LogP contribution < -0.4 is 0 Å². The highest BCUT2D eigenvalue weighted by molar-refractivity contribution is 7.26. The van der Waals surface area contributed by atoms with Crippen molar-refractivity contribution in [3.8, 4) is 55.6 Å². The van der Waals surface area contributed by atoms with E-state index in [4.69, 9.17) is 4.98 Å². The van der Waals surface area contributed by atoms with Gasteiger partial charge in [-0.1, -0.05) is 115 Å². The lowest BCUT2D eigenvalue weighted by atomic mass is 9.77. The van der Waals surface area contributed by atoms with E-state index in [0.717, 1.165) is 5.52 Å². The molecule has 2 heteroatoms. The van der Waals surface area contributed by atoms with Crippen molar-refractivity contribution >= 4 is 42.4 Å². The predicted octanol–water partition coefficient (Wildman–Crippen LogP) is 11.3. The van der Waals surface area contributed by atoms with Gasteiger partial charge in [0.15, 0.2) is 0 Å². The maximum absolute atomic E-state index is 4.74. The van der Waals surface area contributed by atoms with Gasteiger partial charge >= 0.3 is 0 Å². The van der Waals surface area contributed by atoms with E-state index in [1.165, 1.54) is 81.2 Å². The average molecular weight is 538 g/mol. The molecule has 0 N–H and O–H groups in total. The molecule has 6 aromatic carbocycles. The van der Waals surface area contributed by atoms with Gasteiger partial charge in [0.1, 0.15) is 0 Å². The molecule has 0 amide bonds. The van der Waals surface area contributed by atoms with Crippen LogP contribution in [0.25, 0.3) is 86.7 Å². The second kappa shape index (κ2) is 8.72. The zero-order valence-electron chi connectivity index (χ0n) is 22.1. The van der Waals surface area contributed by atoms with Crippen molar-refractivity contribution in [3.05, 3.63) is 140 Å². The molecule has 0 saturated heterocycles. The van der Waals surface area contributed by atoms with Crippen LogP contribution in [0.3, 0.4) is 0 Å². The summed E-state index contributed by atoms with van der Waals surface area (Å²) in [5, 5.41) is 3.83. The molecule has 1 aliphatic rings. The molecule has 0 bridgehead atoms. The molecule has 8 aromatic rings. The summed E-state index contributed by atoms with van der Waals surface area (Å²) >= 11 is 1.89. The molecular formula is C39H23NS. The van der Waals surface area contributed by atoms with Crippen molar-refractivity contribution < 1.29 is 0 Å². The van der Waals surface area contributed by atoms with Gasteiger partial charge in [0.25, 0.3) is 0 Å². The number of nitrogens with zero attached hydrogens (tertiary/aromatic N) is 1. The van der Waals surface area contributed by atoms with Crippen LogP contribution in [0.1, 0.15) is 0 Å². The highest BCUT2D eigenvalue weighted by Crippen LogP contribution is 2.53. The predicted molar refractivity (Wildman–Crippen MR) is 175 cm³/mol. The second-order valence-corrected chi connectivity index (χ2v) is 11.7. The largest absolute Gasteiger partial charge is 0.256 e. The smallest absolute Gasteiger partial charge is 0.0708 e. The Bertz CT molecular complexity index is 2320. The van der Waals surface area contributed by atoms with Crippen LogP contribution in [0.5, 0.6) is 0 Å². The first kappa shape index (κ1) is 22.7. The molecule has 0 atom stereocenters. The van der Waals surface area contributed by atoms with E-state index < -0.39 is 0 Å². The number of fused-ring (bicyclic) bond motifs is 13. The van der Waals surface area contributed by atoms with Crippen molar-refractivity contribution in [1.29, 1.82) is 0 Å². The normalized spacial score (nSPS) is 11.9. The minimum atomic E-state index is 1.02. The number of rotatable bonds is 1. The zero-order chi connectivity index (χ0) is 26.9. The van der Waals surface area contributed by atoms with Crippen LogP contribution >= 0.6 is 11.3 Å². The minimum Gasteiger partial charge on any atom is -0.256 e. The summed E-state index contributed by atoms with van der Waals surface area (Å²) in [5.41, 5.74) is 13.6. The summed E-state index contributed by atoms with van der Waals surface area (Å²) in [4.78, 5) is 4.74. The molecule has 0 spiro atoms. The summed E-state index contributed by atoms with van der Waals surface area (Å²) in [5.74, 6) is 0. The molecule has 0 fully saturated rings. The first-order valence-electron chi connectivity index (χ1n) is 14.0. The van der Waals surface area contributed by atoms with Gasteiger partial charge < -0.3 is 0 Å². The van der Waals surface area contributed by atoms with E-state index in [-0.39, 0.29) is 0 Å². The van der Waals surface area contributed by atoms with Crippen molar-refractivity contribution in [3.63, 3.8) is 0 Å². The lowest BCUT2D eigenvalue weighted by Gasteiger charge is -2.26. The van der Waals surface area contributed by atoms with E-state index in [2.05, 4.69) is 133 Å². The van der Waals surface area contributed by atoms with Gasteiger partial charge in [-0.15, -0.1) is 11.3 Å². The lowest BCUT2D eigenvalue weighted by Crippen LogP contribution is -1.99. The van der Waals surface area contributed by atoms with Crippen LogP contribution in [0.2, 0.25) is 0 Å². The Labute approximate surface area is 242 Å². The van der Waals surface area contributed by atoms with Crippen LogP contribution in [-0.2, 0) is 0 Å². The Morgan fingerprint density at radius 3 is 1.76 bits per heavy atom. The number of benzene rings is 6. The van der Waals surface area contributed by atoms with E-state index in [1.54, 1.807) is 0 Å². The van der Waals surface area contributed by atoms with E-state index in [9.17, 15) is 0 Å². The molecule has 2 aromatic heterocycles. The molecule has 190 valence electrons. The Hall–Kier alpha value is -5.05. The highest BCUT2D eigenvalue weighted by atomic mass is 32.1. The number of aromatic nitrogens is 1. The third kappa shape index (κ3) is 3.26. The fraction of sp³-hybridized carbons (Fsp3) is 0. The van der Waals surface area contributed by atoms with E-state index in [0.29, 0.717) is 0 Å². The quantitative estimate of drug-likeness (QED) is 0.203. The first-order valence-corrected chi connectivity index (χ1v) is 14.8. The molecule has 2 heterocycles. The summed E-state index contributed by atoms with van der Waals surface area (Å²) in [6.07, 6.45) is 1.89. The summed E-state index contributed by atoms with van der Waals surface area (Å²) in [6.45, 7) is 0. The molecule has 0 unspecified atom stereocenters. The monoisotopic (exact) mass is 537 g/mol. The molecular weight excluding hydrogens is 515 g/mol. The van der Waals surface area contributed by atoms with Crippen molar-refractivity contribution in [2.45, 2.75) is 0 Å². The highest BCUT2D eigenvalue weighted by Gasteiger charge is 2.26. The van der Waals surface area contributed by atoms with Gasteiger partial charge in [0.05, 0.1) is 5.52 Å². The van der Waals surface area contributed by atoms with Gasteiger partial charge in [0, 0.05) is 37.3 Å². The van der Waals surface area contributed by atoms with Gasteiger partial charge in [-0.05, 0) is 68.3 Å². The number of hydrogen-bond donors (Lipinski definition) is 0. The Morgan fingerprint density at radius 2 is 0.927 bits per heavy atom. The number of hydrogen-bond acceptors (Lipinski definition) is 2. The molecule has 1 aliphatic carbocycles. The van der Waals surface area contributed by atoms with Gasteiger partial charge in [-0.3, -0.25) is 4.98 Å². The third-order valence-corrected chi connectivity index (χ3v) is 9.74. The zero-order valence-corrected chi connectivity index (χ0v) is 23.0. The average Bonchev–Trinajstić information content (AvgIpc) is 3.42. The van der Waals surface area contributed by atoms with Crippen LogP contribution in [0.15, 0.2) is 140 Å². The fourth-order valence-electron chi connectivity index (χ4n) is 6.79. The molecule has 1 nitrogen and oxygen atoms in total. The van der Waals surface area contributed by atoms with Gasteiger partial charge in [-0.25, -0.2) is 0 Å². The van der Waals surface area contributed by atoms with E-state index >= 15 is 0 Å². The molecule has 0 radical (unpaired) electrons. The Kier molecular flexibility index (Phi) is 4.84. The molecule has 41 heavy (non-hydrogen) atoms. The van der Waals surface area contributed by atoms with E-state index in [1.807, 2.05) is 17.5 Å². The topological polar surface area (TPSA) is 12.9 Å². The van der Waals surface area contributed by atoms with Gasteiger partial charge in [0.2, 0.25) is 0 Å². The first-order chi connectivity index (χ1) is 20.4. The Balaban J connectivity index is 1.47. The van der Waals surface area contributed by atoms with Crippen molar-refractivity contribution in [2.75, 3.05) is 0 Å². The van der Waals surface area contributed by atoms with Crippen molar-refractivity contribution in [2.24, 2.45) is 0 Å². The van der Waals surface area contributed by atoms with Crippen LogP contribution in [0, 0.1) is 0 Å². The molecule has 9 rings (SSSR count). The Morgan fingerprint density at radius 1 is 0.366 bits per heavy atom. The van der Waals surface area contributed by atoms with Crippen molar-refractivity contribution in [1.82, 2.24) is 4.98 Å². The summed E-state index contributed by atoms with van der Waals surface area (Å²) < 4.78 is 2.66. The lowest BCUT2D eigenvalue weighted by molar-refractivity contribution is 1.41. The van der Waals surface area contributed by atoms with Gasteiger partial charge in [-0.2, -0.15) is 0 Å². The maximum Gasteiger partial charge on any atom is 0.0708 e.